The van der Waals surface area contributed by atoms with Gasteiger partial charge in [-0.2, -0.15) is 0 Å². The van der Waals surface area contributed by atoms with Crippen molar-refractivity contribution in [2.24, 2.45) is 7.05 Å². The molecule has 0 unspecified atom stereocenters. The molecule has 0 radical (unpaired) electrons. The predicted octanol–water partition coefficient (Wildman–Crippen LogP) is 1.84. The van der Waals surface area contributed by atoms with Gasteiger partial charge in [0.25, 0.3) is 5.69 Å². The molecular formula is C12H13N5O3S. The summed E-state index contributed by atoms with van der Waals surface area (Å²) in [6, 6.07) is 6.01. The van der Waals surface area contributed by atoms with Crippen LogP contribution in [0.1, 0.15) is 6.92 Å². The number of carbonyl (C=O) groups is 1. The average molecular weight is 307 g/mol. The monoisotopic (exact) mass is 307 g/mol. The maximum Gasteiger partial charge on any atom is 0.292 e. The molecular weight excluding hydrogens is 294 g/mol. The molecule has 8 nitrogen and oxygen atoms in total. The van der Waals surface area contributed by atoms with Gasteiger partial charge in [0.2, 0.25) is 5.91 Å². The van der Waals surface area contributed by atoms with Crippen LogP contribution in [0.4, 0.5) is 11.4 Å². The van der Waals surface area contributed by atoms with Gasteiger partial charge in [-0.15, -0.1) is 10.2 Å². The standard InChI is InChI=1S/C12H13N5O3S/c1-8(21-12-15-13-7-16(12)2)11(18)14-9-5-3-4-6-10(9)17(19)20/h3-8H,1-2H3,(H,14,18)/t8-/m0/s1. The van der Waals surface area contributed by atoms with Gasteiger partial charge in [-0.25, -0.2) is 0 Å². The van der Waals surface area contributed by atoms with Crippen LogP contribution in [0.5, 0.6) is 0 Å². The van der Waals surface area contributed by atoms with Gasteiger partial charge in [-0.05, 0) is 13.0 Å². The Morgan fingerprint density at radius 1 is 1.48 bits per heavy atom. The molecule has 2 aromatic rings. The van der Waals surface area contributed by atoms with Gasteiger partial charge in [-0.3, -0.25) is 14.9 Å². The minimum Gasteiger partial charge on any atom is -0.319 e. The molecule has 0 bridgehead atoms. The van der Waals surface area contributed by atoms with E-state index in [9.17, 15) is 14.9 Å². The Labute approximate surface area is 124 Å². The first-order valence-electron chi connectivity index (χ1n) is 6.04. The van der Waals surface area contributed by atoms with Crippen molar-refractivity contribution in [3.05, 3.63) is 40.7 Å². The number of hydrogen-bond acceptors (Lipinski definition) is 6. The fourth-order valence-corrected chi connectivity index (χ4v) is 2.35. The molecule has 110 valence electrons. The Balaban J connectivity index is 2.08. The molecule has 9 heteroatoms. The number of nitrogens with zero attached hydrogens (tertiary/aromatic N) is 4. The lowest BCUT2D eigenvalue weighted by molar-refractivity contribution is -0.383. The fourth-order valence-electron chi connectivity index (χ4n) is 1.56. The highest BCUT2D eigenvalue weighted by molar-refractivity contribution is 8.00. The van der Waals surface area contributed by atoms with E-state index in [4.69, 9.17) is 0 Å². The third-order valence-electron chi connectivity index (χ3n) is 2.68. The molecule has 21 heavy (non-hydrogen) atoms. The Morgan fingerprint density at radius 2 is 2.19 bits per heavy atom. The first kappa shape index (κ1) is 15.0. The van der Waals surface area contributed by atoms with Crippen LogP contribution in [0.15, 0.2) is 35.7 Å². The van der Waals surface area contributed by atoms with Crippen LogP contribution in [-0.2, 0) is 11.8 Å². The van der Waals surface area contributed by atoms with Crippen molar-refractivity contribution in [3.63, 3.8) is 0 Å². The van der Waals surface area contributed by atoms with Crippen molar-refractivity contribution in [1.29, 1.82) is 0 Å². The Hall–Kier alpha value is -2.42. The number of amides is 1. The second-order valence-electron chi connectivity index (χ2n) is 4.25. The van der Waals surface area contributed by atoms with E-state index in [1.165, 1.54) is 30.2 Å². The third kappa shape index (κ3) is 3.57. The zero-order chi connectivity index (χ0) is 15.4. The highest BCUT2D eigenvalue weighted by Crippen LogP contribution is 2.26. The van der Waals surface area contributed by atoms with Crippen LogP contribution in [0.2, 0.25) is 0 Å². The van der Waals surface area contributed by atoms with Crippen molar-refractivity contribution in [2.45, 2.75) is 17.3 Å². The summed E-state index contributed by atoms with van der Waals surface area (Å²) in [6.45, 7) is 1.70. The number of hydrogen-bond donors (Lipinski definition) is 1. The van der Waals surface area contributed by atoms with E-state index in [1.807, 2.05) is 0 Å². The van der Waals surface area contributed by atoms with E-state index in [0.717, 1.165) is 0 Å². The van der Waals surface area contributed by atoms with Gasteiger partial charge in [0.05, 0.1) is 10.2 Å². The minimum absolute atomic E-state index is 0.137. The van der Waals surface area contributed by atoms with Crippen LogP contribution in [0.25, 0.3) is 0 Å². The van der Waals surface area contributed by atoms with Gasteiger partial charge in [0.1, 0.15) is 12.0 Å². The molecule has 0 aliphatic heterocycles. The van der Waals surface area contributed by atoms with Gasteiger partial charge >= 0.3 is 0 Å². The van der Waals surface area contributed by atoms with Gasteiger partial charge in [-0.1, -0.05) is 23.9 Å². The van der Waals surface area contributed by atoms with E-state index in [-0.39, 0.29) is 17.3 Å². The molecule has 1 aromatic carbocycles. The quantitative estimate of drug-likeness (QED) is 0.513. The van der Waals surface area contributed by atoms with Crippen LogP contribution < -0.4 is 5.32 Å². The van der Waals surface area contributed by atoms with Crippen molar-refractivity contribution in [2.75, 3.05) is 5.32 Å². The molecule has 1 amide bonds. The normalized spacial score (nSPS) is 11.9. The molecule has 1 atom stereocenters. The Bertz CT molecular complexity index is 672. The number of rotatable bonds is 5. The van der Waals surface area contributed by atoms with E-state index < -0.39 is 10.2 Å². The van der Waals surface area contributed by atoms with E-state index in [2.05, 4.69) is 15.5 Å². The highest BCUT2D eigenvalue weighted by Gasteiger charge is 2.20. The Morgan fingerprint density at radius 3 is 2.81 bits per heavy atom. The summed E-state index contributed by atoms with van der Waals surface area (Å²) in [5, 5.41) is 21.2. The maximum absolute atomic E-state index is 12.1. The lowest BCUT2D eigenvalue weighted by Gasteiger charge is -2.11. The molecule has 0 aliphatic carbocycles. The number of nitro groups is 1. The van der Waals surface area contributed by atoms with E-state index in [0.29, 0.717) is 5.16 Å². The van der Waals surface area contributed by atoms with Gasteiger partial charge < -0.3 is 9.88 Å². The number of nitro benzene ring substituents is 1. The van der Waals surface area contributed by atoms with E-state index >= 15 is 0 Å². The number of thioether (sulfide) groups is 1. The largest absolute Gasteiger partial charge is 0.319 e. The zero-order valence-electron chi connectivity index (χ0n) is 11.4. The smallest absolute Gasteiger partial charge is 0.292 e. The molecule has 0 aliphatic rings. The number of anilines is 1. The number of benzene rings is 1. The lowest BCUT2D eigenvalue weighted by Crippen LogP contribution is -2.23. The zero-order valence-corrected chi connectivity index (χ0v) is 12.2. The number of aromatic nitrogens is 3. The summed E-state index contributed by atoms with van der Waals surface area (Å²) >= 11 is 1.23. The first-order chi connectivity index (χ1) is 9.99. The van der Waals surface area contributed by atoms with Crippen LogP contribution in [0.3, 0.4) is 0 Å². The number of carbonyl (C=O) groups excluding carboxylic acids is 1. The molecule has 0 saturated heterocycles. The molecule has 1 heterocycles. The summed E-state index contributed by atoms with van der Waals surface area (Å²) in [5.74, 6) is -0.336. The minimum atomic E-state index is -0.532. The average Bonchev–Trinajstić information content (AvgIpc) is 2.84. The Kier molecular flexibility index (Phi) is 4.53. The van der Waals surface area contributed by atoms with Crippen LogP contribution in [0, 0.1) is 10.1 Å². The van der Waals surface area contributed by atoms with Crippen molar-refractivity contribution < 1.29 is 9.72 Å². The van der Waals surface area contributed by atoms with Crippen LogP contribution >= 0.6 is 11.8 Å². The van der Waals surface area contributed by atoms with E-state index in [1.54, 1.807) is 30.7 Å². The molecule has 0 spiro atoms. The number of aryl methyl sites for hydroxylation is 1. The second kappa shape index (κ2) is 6.35. The summed E-state index contributed by atoms with van der Waals surface area (Å²) in [7, 11) is 1.77. The predicted molar refractivity (Wildman–Crippen MR) is 78.0 cm³/mol. The summed E-state index contributed by atoms with van der Waals surface area (Å²) in [6.07, 6.45) is 1.54. The number of nitrogens with one attached hydrogen (secondary N) is 1. The van der Waals surface area contributed by atoms with Gasteiger partial charge in [0, 0.05) is 13.1 Å². The summed E-state index contributed by atoms with van der Waals surface area (Å²) in [4.78, 5) is 22.5. The summed E-state index contributed by atoms with van der Waals surface area (Å²) in [5.41, 5.74) is 0.0413. The topological polar surface area (TPSA) is 103 Å². The summed E-state index contributed by atoms with van der Waals surface area (Å²) < 4.78 is 1.69. The molecule has 1 N–H and O–H groups in total. The van der Waals surface area contributed by atoms with Crippen molar-refractivity contribution in [3.8, 4) is 0 Å². The first-order valence-corrected chi connectivity index (χ1v) is 6.92. The van der Waals surface area contributed by atoms with Crippen LogP contribution in [-0.4, -0.2) is 30.8 Å². The lowest BCUT2D eigenvalue weighted by atomic mass is 10.2. The second-order valence-corrected chi connectivity index (χ2v) is 5.56. The fraction of sp³-hybridized carbons (Fsp3) is 0.250. The molecule has 0 fully saturated rings. The van der Waals surface area contributed by atoms with Gasteiger partial charge in [0.15, 0.2) is 5.16 Å². The molecule has 1 aromatic heterocycles. The molecule has 0 saturated carbocycles. The maximum atomic E-state index is 12.1. The molecule has 2 rings (SSSR count). The highest BCUT2D eigenvalue weighted by atomic mass is 32.2. The third-order valence-corrected chi connectivity index (χ3v) is 3.83. The van der Waals surface area contributed by atoms with Crippen molar-refractivity contribution in [1.82, 2.24) is 14.8 Å². The SMILES string of the molecule is C[C@H](Sc1nncn1C)C(=O)Nc1ccccc1[N+](=O)[O-]. The number of para-hydroxylation sites is 2. The van der Waals surface area contributed by atoms with Crippen molar-refractivity contribution >= 4 is 29.0 Å².